The molecule has 25 heavy (non-hydrogen) atoms. The highest BCUT2D eigenvalue weighted by Crippen LogP contribution is 2.29. The monoisotopic (exact) mass is 386 g/mol. The van der Waals surface area contributed by atoms with Gasteiger partial charge in [0.25, 0.3) is 5.91 Å². The molecule has 2 aromatic rings. The number of amides is 1. The van der Waals surface area contributed by atoms with Gasteiger partial charge in [0.05, 0.1) is 16.6 Å². The zero-order valence-electron chi connectivity index (χ0n) is 13.0. The first-order valence-electron chi connectivity index (χ1n) is 7.32. The Morgan fingerprint density at radius 1 is 1.32 bits per heavy atom. The van der Waals surface area contributed by atoms with Crippen molar-refractivity contribution in [2.24, 2.45) is 0 Å². The SMILES string of the molecule is Cc1nc(C(=O)N2CCC(F)(C(=O)O)C2)nn1-c1c(Cl)cccc1Cl. The Morgan fingerprint density at radius 2 is 1.96 bits per heavy atom. The van der Waals surface area contributed by atoms with Crippen molar-refractivity contribution in [2.45, 2.75) is 19.0 Å². The Labute approximate surface area is 152 Å². The van der Waals surface area contributed by atoms with E-state index in [0.29, 0.717) is 21.6 Å². The fourth-order valence-corrected chi connectivity index (χ4v) is 3.20. The number of alkyl halides is 1. The highest BCUT2D eigenvalue weighted by Gasteiger charge is 2.47. The van der Waals surface area contributed by atoms with Crippen molar-refractivity contribution in [2.75, 3.05) is 13.1 Å². The van der Waals surface area contributed by atoms with E-state index in [1.807, 2.05) is 0 Å². The van der Waals surface area contributed by atoms with Gasteiger partial charge in [-0.3, -0.25) is 4.79 Å². The van der Waals surface area contributed by atoms with Gasteiger partial charge in [0.1, 0.15) is 11.5 Å². The summed E-state index contributed by atoms with van der Waals surface area (Å²) in [6.45, 7) is 1.05. The number of hydrogen-bond acceptors (Lipinski definition) is 4. The first-order chi connectivity index (χ1) is 11.7. The van der Waals surface area contributed by atoms with E-state index in [-0.39, 0.29) is 18.8 Å². The summed E-state index contributed by atoms with van der Waals surface area (Å²) >= 11 is 12.3. The second-order valence-corrected chi connectivity index (χ2v) is 6.53. The summed E-state index contributed by atoms with van der Waals surface area (Å²) in [5.41, 5.74) is -2.07. The smallest absolute Gasteiger partial charge is 0.343 e. The molecule has 0 spiro atoms. The van der Waals surface area contributed by atoms with Crippen LogP contribution in [0.5, 0.6) is 0 Å². The maximum Gasteiger partial charge on any atom is 0.343 e. The highest BCUT2D eigenvalue weighted by atomic mass is 35.5. The first-order valence-corrected chi connectivity index (χ1v) is 8.08. The Bertz CT molecular complexity index is 852. The van der Waals surface area contributed by atoms with Gasteiger partial charge in [0, 0.05) is 13.0 Å². The third-order valence-electron chi connectivity index (χ3n) is 4.00. The molecule has 2 heterocycles. The topological polar surface area (TPSA) is 88.3 Å². The van der Waals surface area contributed by atoms with Gasteiger partial charge < -0.3 is 10.0 Å². The summed E-state index contributed by atoms with van der Waals surface area (Å²) in [4.78, 5) is 28.6. The Morgan fingerprint density at radius 3 is 2.52 bits per heavy atom. The van der Waals surface area contributed by atoms with Gasteiger partial charge in [-0.05, 0) is 19.1 Å². The number of carbonyl (C=O) groups is 2. The van der Waals surface area contributed by atoms with Crippen LogP contribution in [0.4, 0.5) is 4.39 Å². The number of nitrogens with zero attached hydrogens (tertiary/aromatic N) is 4. The standard InChI is InChI=1S/C15H13Cl2FN4O3/c1-8-19-12(13(23)21-6-5-15(18,7-21)14(24)25)20-22(8)11-9(16)3-2-4-10(11)17/h2-4H,5-7H2,1H3,(H,24,25). The number of para-hydroxylation sites is 1. The molecular formula is C15H13Cl2FN4O3. The van der Waals surface area contributed by atoms with E-state index < -0.39 is 24.1 Å². The lowest BCUT2D eigenvalue weighted by Crippen LogP contribution is -2.39. The molecule has 3 rings (SSSR count). The van der Waals surface area contributed by atoms with Crippen LogP contribution in [0.2, 0.25) is 10.0 Å². The number of benzene rings is 1. The van der Waals surface area contributed by atoms with E-state index in [2.05, 4.69) is 10.1 Å². The minimum atomic E-state index is -2.45. The molecule has 1 aliphatic rings. The molecule has 1 atom stereocenters. The van der Waals surface area contributed by atoms with Crippen molar-refractivity contribution in [1.29, 1.82) is 0 Å². The van der Waals surface area contributed by atoms with Crippen LogP contribution in [-0.2, 0) is 4.79 Å². The van der Waals surface area contributed by atoms with Crippen molar-refractivity contribution in [1.82, 2.24) is 19.7 Å². The number of likely N-dealkylation sites (tertiary alicyclic amines) is 1. The molecule has 1 N–H and O–H groups in total. The van der Waals surface area contributed by atoms with Crippen LogP contribution in [-0.4, -0.2) is 55.4 Å². The largest absolute Gasteiger partial charge is 0.479 e. The van der Waals surface area contributed by atoms with E-state index in [9.17, 15) is 14.0 Å². The molecule has 132 valence electrons. The Kier molecular flexibility index (Phi) is 4.42. The molecule has 1 aromatic carbocycles. The van der Waals surface area contributed by atoms with Gasteiger partial charge in [-0.2, -0.15) is 0 Å². The Hall–Kier alpha value is -2.19. The lowest BCUT2D eigenvalue weighted by atomic mass is 10.1. The minimum absolute atomic E-state index is 0.0257. The first kappa shape index (κ1) is 17.6. The van der Waals surface area contributed by atoms with Crippen LogP contribution >= 0.6 is 23.2 Å². The van der Waals surface area contributed by atoms with Gasteiger partial charge >= 0.3 is 5.97 Å². The predicted molar refractivity (Wildman–Crippen MR) is 88.1 cm³/mol. The van der Waals surface area contributed by atoms with Crippen LogP contribution in [0.3, 0.4) is 0 Å². The summed E-state index contributed by atoms with van der Waals surface area (Å²) in [7, 11) is 0. The summed E-state index contributed by atoms with van der Waals surface area (Å²) in [6, 6.07) is 4.91. The van der Waals surface area contributed by atoms with Crippen molar-refractivity contribution in [3.8, 4) is 5.69 Å². The second-order valence-electron chi connectivity index (χ2n) is 5.71. The number of aliphatic carboxylic acids is 1. The number of aromatic nitrogens is 3. The number of hydrogen-bond donors (Lipinski definition) is 1. The number of carbonyl (C=O) groups excluding carboxylic acids is 1. The zero-order valence-corrected chi connectivity index (χ0v) is 14.6. The molecule has 1 aliphatic heterocycles. The van der Waals surface area contributed by atoms with E-state index in [4.69, 9.17) is 28.3 Å². The van der Waals surface area contributed by atoms with Crippen molar-refractivity contribution in [3.05, 3.63) is 39.9 Å². The average Bonchev–Trinajstić information content (AvgIpc) is 3.12. The van der Waals surface area contributed by atoms with E-state index in [0.717, 1.165) is 4.90 Å². The fraction of sp³-hybridized carbons (Fsp3) is 0.333. The van der Waals surface area contributed by atoms with Crippen LogP contribution in [0.25, 0.3) is 5.69 Å². The molecule has 10 heteroatoms. The van der Waals surface area contributed by atoms with Crippen LogP contribution in [0.1, 0.15) is 22.9 Å². The number of carboxylic acids is 1. The number of halogens is 3. The minimum Gasteiger partial charge on any atom is -0.479 e. The van der Waals surface area contributed by atoms with Gasteiger partial charge in [-0.1, -0.05) is 29.3 Å². The molecule has 1 amide bonds. The van der Waals surface area contributed by atoms with Gasteiger partial charge in [-0.25, -0.2) is 18.9 Å². The molecule has 0 aliphatic carbocycles. The molecule has 1 aromatic heterocycles. The van der Waals surface area contributed by atoms with Crippen LogP contribution in [0.15, 0.2) is 18.2 Å². The summed E-state index contributed by atoms with van der Waals surface area (Å²) in [6.07, 6.45) is -0.274. The number of aryl methyl sites for hydroxylation is 1. The normalized spacial score (nSPS) is 20.1. The quantitative estimate of drug-likeness (QED) is 0.875. The third kappa shape index (κ3) is 3.07. The van der Waals surface area contributed by atoms with Gasteiger partial charge in [0.2, 0.25) is 11.5 Å². The van der Waals surface area contributed by atoms with Crippen LogP contribution < -0.4 is 0 Å². The lowest BCUT2D eigenvalue weighted by molar-refractivity contribution is -0.149. The molecular weight excluding hydrogens is 374 g/mol. The molecule has 0 saturated carbocycles. The fourth-order valence-electron chi connectivity index (χ4n) is 2.65. The summed E-state index contributed by atoms with van der Waals surface area (Å²) < 4.78 is 15.5. The molecule has 0 radical (unpaired) electrons. The maximum absolute atomic E-state index is 14.1. The zero-order chi connectivity index (χ0) is 18.4. The second kappa shape index (κ2) is 6.27. The van der Waals surface area contributed by atoms with E-state index in [1.165, 1.54) is 4.68 Å². The summed E-state index contributed by atoms with van der Waals surface area (Å²) in [5.74, 6) is -2.04. The predicted octanol–water partition coefficient (Wildman–Crippen LogP) is 2.52. The highest BCUT2D eigenvalue weighted by molar-refractivity contribution is 6.37. The lowest BCUT2D eigenvalue weighted by Gasteiger charge is -2.16. The summed E-state index contributed by atoms with van der Waals surface area (Å²) in [5, 5.41) is 13.7. The third-order valence-corrected chi connectivity index (χ3v) is 4.61. The van der Waals surface area contributed by atoms with E-state index in [1.54, 1.807) is 25.1 Å². The number of carboxylic acid groups (broad SMARTS) is 1. The molecule has 1 saturated heterocycles. The van der Waals surface area contributed by atoms with E-state index >= 15 is 0 Å². The molecule has 7 nitrogen and oxygen atoms in total. The van der Waals surface area contributed by atoms with Gasteiger partial charge in [0.15, 0.2) is 0 Å². The van der Waals surface area contributed by atoms with Gasteiger partial charge in [-0.15, -0.1) is 5.10 Å². The van der Waals surface area contributed by atoms with Crippen molar-refractivity contribution < 1.29 is 19.1 Å². The van der Waals surface area contributed by atoms with Crippen molar-refractivity contribution >= 4 is 35.1 Å². The average molecular weight is 387 g/mol. The Balaban J connectivity index is 1.91. The number of rotatable bonds is 3. The molecule has 1 unspecified atom stereocenters. The maximum atomic E-state index is 14.1. The van der Waals surface area contributed by atoms with Crippen molar-refractivity contribution in [3.63, 3.8) is 0 Å². The molecule has 0 bridgehead atoms. The molecule has 1 fully saturated rings. The van der Waals surface area contributed by atoms with Crippen LogP contribution in [0, 0.1) is 6.92 Å².